The summed E-state index contributed by atoms with van der Waals surface area (Å²) in [6.07, 6.45) is 2.82. The molecule has 5 heteroatoms. The maximum Gasteiger partial charge on any atom is 0.203 e. The maximum absolute atomic E-state index is 10.3. The predicted molar refractivity (Wildman–Crippen MR) is 68.6 cm³/mol. The molecule has 1 aromatic carbocycles. The van der Waals surface area contributed by atoms with Crippen LogP contribution in [0.25, 0.3) is 0 Å². The Balaban J connectivity index is 2.60. The van der Waals surface area contributed by atoms with Crippen LogP contribution in [0.3, 0.4) is 0 Å². The zero-order valence-electron chi connectivity index (χ0n) is 9.92. The predicted octanol–water partition coefficient (Wildman–Crippen LogP) is 2.51. The first-order chi connectivity index (χ1) is 8.03. The van der Waals surface area contributed by atoms with Gasteiger partial charge in [0, 0.05) is 15.6 Å². The summed E-state index contributed by atoms with van der Waals surface area (Å²) in [5, 5.41) is 10.3. The molecule has 0 bridgehead atoms. The fraction of sp³-hybridized carbons (Fsp3) is 0.500. The molecule has 1 aliphatic rings. The normalized spacial score (nSPS) is 17.4. The van der Waals surface area contributed by atoms with E-state index in [1.165, 1.54) is 14.2 Å². The molecule has 0 aromatic heterocycles. The van der Waals surface area contributed by atoms with E-state index in [2.05, 4.69) is 15.9 Å². The van der Waals surface area contributed by atoms with Gasteiger partial charge >= 0.3 is 0 Å². The lowest BCUT2D eigenvalue weighted by molar-refractivity contribution is 0.239. The molecule has 0 amide bonds. The summed E-state index contributed by atoms with van der Waals surface area (Å²) in [6, 6.07) is 1.78. The number of halogens is 1. The van der Waals surface area contributed by atoms with Gasteiger partial charge in [-0.1, -0.05) is 15.9 Å². The number of hydrogen-bond acceptors (Lipinski definition) is 4. The second kappa shape index (κ2) is 4.38. The first kappa shape index (κ1) is 12.5. The van der Waals surface area contributed by atoms with E-state index in [9.17, 15) is 5.11 Å². The lowest BCUT2D eigenvalue weighted by Gasteiger charge is -2.39. The number of aromatic hydroxyl groups is 1. The van der Waals surface area contributed by atoms with Gasteiger partial charge in [0.1, 0.15) is 0 Å². The first-order valence-corrected chi connectivity index (χ1v) is 6.25. The number of nitrogens with two attached hydrogens (primary N) is 1. The van der Waals surface area contributed by atoms with Crippen molar-refractivity contribution in [2.45, 2.75) is 24.8 Å². The molecule has 0 spiro atoms. The number of methoxy groups -OCH3 is 2. The van der Waals surface area contributed by atoms with Crippen LogP contribution < -0.4 is 15.2 Å². The van der Waals surface area contributed by atoms with Crippen molar-refractivity contribution < 1.29 is 14.6 Å². The molecular formula is C12H16BrNO3. The molecule has 0 atom stereocenters. The number of benzene rings is 1. The minimum Gasteiger partial charge on any atom is -0.504 e. The van der Waals surface area contributed by atoms with Crippen molar-refractivity contribution in [2.24, 2.45) is 5.73 Å². The van der Waals surface area contributed by atoms with Crippen molar-refractivity contribution in [3.05, 3.63) is 16.1 Å². The first-order valence-electron chi connectivity index (χ1n) is 5.46. The van der Waals surface area contributed by atoms with Crippen LogP contribution in [0.5, 0.6) is 17.2 Å². The Labute approximate surface area is 109 Å². The molecule has 1 aliphatic carbocycles. The van der Waals surface area contributed by atoms with E-state index in [0.717, 1.165) is 23.7 Å². The summed E-state index contributed by atoms with van der Waals surface area (Å²) in [7, 11) is 3.03. The molecular weight excluding hydrogens is 286 g/mol. The van der Waals surface area contributed by atoms with E-state index >= 15 is 0 Å². The van der Waals surface area contributed by atoms with Gasteiger partial charge in [0.25, 0.3) is 0 Å². The van der Waals surface area contributed by atoms with Crippen LogP contribution in [0.15, 0.2) is 10.5 Å². The third-order valence-electron chi connectivity index (χ3n) is 3.34. The Morgan fingerprint density at radius 3 is 2.41 bits per heavy atom. The number of phenols is 1. The van der Waals surface area contributed by atoms with Gasteiger partial charge in [-0.2, -0.15) is 0 Å². The van der Waals surface area contributed by atoms with Crippen molar-refractivity contribution in [3.8, 4) is 17.2 Å². The fourth-order valence-electron chi connectivity index (χ4n) is 2.23. The Hall–Kier alpha value is -0.940. The van der Waals surface area contributed by atoms with Crippen molar-refractivity contribution in [1.82, 2.24) is 0 Å². The van der Waals surface area contributed by atoms with E-state index in [1.54, 1.807) is 6.07 Å². The fourth-order valence-corrected chi connectivity index (χ4v) is 3.02. The molecule has 0 radical (unpaired) electrons. The van der Waals surface area contributed by atoms with Gasteiger partial charge in [0.05, 0.1) is 14.2 Å². The highest BCUT2D eigenvalue weighted by molar-refractivity contribution is 9.10. The van der Waals surface area contributed by atoms with E-state index in [4.69, 9.17) is 15.2 Å². The molecule has 0 saturated heterocycles. The largest absolute Gasteiger partial charge is 0.504 e. The van der Waals surface area contributed by atoms with Crippen molar-refractivity contribution in [1.29, 1.82) is 0 Å². The molecule has 0 aliphatic heterocycles. The van der Waals surface area contributed by atoms with E-state index < -0.39 is 5.54 Å². The van der Waals surface area contributed by atoms with Crippen LogP contribution in [0.1, 0.15) is 24.8 Å². The molecule has 4 nitrogen and oxygen atoms in total. The smallest absolute Gasteiger partial charge is 0.203 e. The van der Waals surface area contributed by atoms with Gasteiger partial charge in [-0.15, -0.1) is 0 Å². The highest BCUT2D eigenvalue weighted by atomic mass is 79.9. The second-order valence-corrected chi connectivity index (χ2v) is 5.18. The monoisotopic (exact) mass is 301 g/mol. The third kappa shape index (κ3) is 1.87. The van der Waals surface area contributed by atoms with Crippen LogP contribution in [-0.2, 0) is 5.54 Å². The summed E-state index contributed by atoms with van der Waals surface area (Å²) in [6.45, 7) is 0. The van der Waals surface area contributed by atoms with Gasteiger partial charge < -0.3 is 20.3 Å². The van der Waals surface area contributed by atoms with Crippen LogP contribution in [0.4, 0.5) is 0 Å². The van der Waals surface area contributed by atoms with Crippen LogP contribution in [-0.4, -0.2) is 19.3 Å². The van der Waals surface area contributed by atoms with E-state index in [0.29, 0.717) is 17.1 Å². The van der Waals surface area contributed by atoms with E-state index in [-0.39, 0.29) is 5.75 Å². The Kier molecular flexibility index (Phi) is 3.23. The topological polar surface area (TPSA) is 64.7 Å². The van der Waals surface area contributed by atoms with Crippen molar-refractivity contribution in [3.63, 3.8) is 0 Å². The van der Waals surface area contributed by atoms with Gasteiger partial charge in [0.2, 0.25) is 5.75 Å². The number of rotatable bonds is 3. The minimum atomic E-state index is -0.456. The highest BCUT2D eigenvalue weighted by Gasteiger charge is 2.39. The van der Waals surface area contributed by atoms with E-state index in [1.807, 2.05) is 0 Å². The molecule has 0 unspecified atom stereocenters. The SMILES string of the molecule is COc1cc(Br)c(C2(N)CCC2)c(O)c1OC. The van der Waals surface area contributed by atoms with Gasteiger partial charge in [-0.3, -0.25) is 0 Å². The third-order valence-corrected chi connectivity index (χ3v) is 3.97. The molecule has 2 rings (SSSR count). The Bertz CT molecular complexity index is 444. The number of hydrogen-bond donors (Lipinski definition) is 2. The molecule has 1 aromatic rings. The molecule has 3 N–H and O–H groups in total. The molecule has 17 heavy (non-hydrogen) atoms. The number of phenolic OH excluding ortho intramolecular Hbond substituents is 1. The summed E-state index contributed by atoms with van der Waals surface area (Å²) < 4.78 is 11.1. The van der Waals surface area contributed by atoms with Crippen LogP contribution >= 0.6 is 15.9 Å². The average Bonchev–Trinajstić information content (AvgIpc) is 2.25. The zero-order valence-corrected chi connectivity index (χ0v) is 11.5. The average molecular weight is 302 g/mol. The summed E-state index contributed by atoms with van der Waals surface area (Å²) in [5.74, 6) is 0.895. The van der Waals surface area contributed by atoms with Crippen LogP contribution in [0, 0.1) is 0 Å². The second-order valence-electron chi connectivity index (χ2n) is 4.33. The minimum absolute atomic E-state index is 0.0703. The van der Waals surface area contributed by atoms with Gasteiger partial charge in [-0.25, -0.2) is 0 Å². The Morgan fingerprint density at radius 1 is 1.35 bits per heavy atom. The summed E-state index contributed by atoms with van der Waals surface area (Å²) >= 11 is 3.44. The summed E-state index contributed by atoms with van der Waals surface area (Å²) in [5.41, 5.74) is 6.51. The van der Waals surface area contributed by atoms with Crippen LogP contribution in [0.2, 0.25) is 0 Å². The highest BCUT2D eigenvalue weighted by Crippen LogP contribution is 2.51. The van der Waals surface area contributed by atoms with Gasteiger partial charge in [0.15, 0.2) is 11.5 Å². The maximum atomic E-state index is 10.3. The molecule has 1 fully saturated rings. The lowest BCUT2D eigenvalue weighted by Crippen LogP contribution is -2.43. The lowest BCUT2D eigenvalue weighted by atomic mass is 9.72. The Morgan fingerprint density at radius 2 is 2.00 bits per heavy atom. The standard InChI is InChI=1S/C12H16BrNO3/c1-16-8-6-7(13)9(10(15)11(8)17-2)12(14)4-3-5-12/h6,15H,3-5,14H2,1-2H3. The van der Waals surface area contributed by atoms with Crippen molar-refractivity contribution >= 4 is 15.9 Å². The molecule has 94 valence electrons. The molecule has 0 heterocycles. The van der Waals surface area contributed by atoms with Gasteiger partial charge in [-0.05, 0) is 25.3 Å². The summed E-state index contributed by atoms with van der Waals surface area (Å²) in [4.78, 5) is 0. The quantitative estimate of drug-likeness (QED) is 0.900. The van der Waals surface area contributed by atoms with Crippen molar-refractivity contribution in [2.75, 3.05) is 14.2 Å². The molecule has 1 saturated carbocycles. The number of ether oxygens (including phenoxy) is 2. The zero-order chi connectivity index (χ0) is 12.6.